The molecular formula is C21H29FIN5O. The van der Waals surface area contributed by atoms with E-state index >= 15 is 0 Å². The Labute approximate surface area is 189 Å². The lowest BCUT2D eigenvalue weighted by Gasteiger charge is -2.32. The third-order valence-electron chi connectivity index (χ3n) is 4.54. The van der Waals surface area contributed by atoms with Crippen LogP contribution in [0.5, 0.6) is 0 Å². The fourth-order valence-electron chi connectivity index (χ4n) is 3.06. The van der Waals surface area contributed by atoms with Crippen molar-refractivity contribution in [2.24, 2.45) is 4.99 Å². The average Bonchev–Trinajstić information content (AvgIpc) is 2.71. The predicted octanol–water partition coefficient (Wildman–Crippen LogP) is 3.32. The second-order valence-electron chi connectivity index (χ2n) is 6.79. The molecule has 6 nitrogen and oxygen atoms in total. The van der Waals surface area contributed by atoms with Crippen molar-refractivity contribution in [1.29, 1.82) is 0 Å². The van der Waals surface area contributed by atoms with Gasteiger partial charge in [0.15, 0.2) is 5.96 Å². The molecule has 2 N–H and O–H groups in total. The van der Waals surface area contributed by atoms with Crippen molar-refractivity contribution in [3.05, 3.63) is 59.5 Å². The van der Waals surface area contributed by atoms with Gasteiger partial charge in [-0.1, -0.05) is 24.3 Å². The Hall–Kier alpha value is -1.94. The van der Waals surface area contributed by atoms with Gasteiger partial charge in [-0.05, 0) is 31.5 Å². The van der Waals surface area contributed by atoms with Gasteiger partial charge in [0, 0.05) is 37.9 Å². The quantitative estimate of drug-likeness (QED) is 0.353. The highest BCUT2D eigenvalue weighted by molar-refractivity contribution is 14.0. The van der Waals surface area contributed by atoms with Crippen LogP contribution >= 0.6 is 24.0 Å². The van der Waals surface area contributed by atoms with Crippen LogP contribution < -0.4 is 15.5 Å². The first kappa shape index (κ1) is 23.3. The van der Waals surface area contributed by atoms with E-state index in [1.54, 1.807) is 12.1 Å². The zero-order valence-electron chi connectivity index (χ0n) is 16.9. The number of hydrogen-bond donors (Lipinski definition) is 2. The molecule has 1 aromatic heterocycles. The van der Waals surface area contributed by atoms with Crippen LogP contribution in [0.15, 0.2) is 47.6 Å². The molecule has 1 atom stereocenters. The van der Waals surface area contributed by atoms with Crippen molar-refractivity contribution in [2.75, 3.05) is 31.1 Å². The Balaban J connectivity index is 0.00000300. The van der Waals surface area contributed by atoms with Gasteiger partial charge < -0.3 is 20.3 Å². The number of benzene rings is 1. The number of guanidine groups is 1. The average molecular weight is 513 g/mol. The summed E-state index contributed by atoms with van der Waals surface area (Å²) in [6, 6.07) is 10.8. The molecule has 8 heteroatoms. The summed E-state index contributed by atoms with van der Waals surface area (Å²) in [6.07, 6.45) is 2.09. The van der Waals surface area contributed by atoms with Gasteiger partial charge in [-0.3, -0.25) is 0 Å². The summed E-state index contributed by atoms with van der Waals surface area (Å²) in [6.45, 7) is 8.13. The zero-order valence-corrected chi connectivity index (χ0v) is 19.2. The minimum absolute atomic E-state index is 0. The van der Waals surface area contributed by atoms with E-state index in [2.05, 4.69) is 32.4 Å². The van der Waals surface area contributed by atoms with Gasteiger partial charge in [0.25, 0.3) is 0 Å². The summed E-state index contributed by atoms with van der Waals surface area (Å²) in [5, 5.41) is 6.36. The first-order valence-electron chi connectivity index (χ1n) is 9.72. The van der Waals surface area contributed by atoms with Crippen LogP contribution in [0.25, 0.3) is 0 Å². The summed E-state index contributed by atoms with van der Waals surface area (Å²) in [7, 11) is 0. The monoisotopic (exact) mass is 513 g/mol. The maximum atomic E-state index is 13.8. The molecular weight excluding hydrogens is 484 g/mol. The predicted molar refractivity (Wildman–Crippen MR) is 125 cm³/mol. The fraction of sp³-hybridized carbons (Fsp3) is 0.429. The summed E-state index contributed by atoms with van der Waals surface area (Å²) in [5.74, 6) is 1.40. The molecule has 2 heterocycles. The molecule has 0 bridgehead atoms. The van der Waals surface area contributed by atoms with E-state index < -0.39 is 0 Å². The first-order chi connectivity index (χ1) is 13.7. The van der Waals surface area contributed by atoms with Crippen LogP contribution in [-0.2, 0) is 17.8 Å². The van der Waals surface area contributed by atoms with Gasteiger partial charge in [0.1, 0.15) is 11.6 Å². The molecule has 1 aliphatic heterocycles. The molecule has 3 rings (SSSR count). The van der Waals surface area contributed by atoms with Crippen LogP contribution in [0, 0.1) is 5.82 Å². The van der Waals surface area contributed by atoms with Crippen LogP contribution in [-0.4, -0.2) is 43.3 Å². The SMILES string of the molecule is CCNC(=NCc1ccc(N2CCOC(C)C2)nc1)NCc1ccccc1F.I. The van der Waals surface area contributed by atoms with Gasteiger partial charge in [0.2, 0.25) is 0 Å². The Kier molecular flexibility index (Phi) is 9.59. The fourth-order valence-corrected chi connectivity index (χ4v) is 3.06. The van der Waals surface area contributed by atoms with Gasteiger partial charge in [-0.25, -0.2) is 14.4 Å². The van der Waals surface area contributed by atoms with E-state index in [0.717, 1.165) is 37.6 Å². The Morgan fingerprint density at radius 2 is 2.10 bits per heavy atom. The summed E-state index contributed by atoms with van der Waals surface area (Å²) in [5.41, 5.74) is 1.63. The summed E-state index contributed by atoms with van der Waals surface area (Å²) >= 11 is 0. The van der Waals surface area contributed by atoms with E-state index in [1.807, 2.05) is 31.3 Å². The topological polar surface area (TPSA) is 61.8 Å². The molecule has 0 spiro atoms. The van der Waals surface area contributed by atoms with Gasteiger partial charge in [-0.2, -0.15) is 0 Å². The number of pyridine rings is 1. The lowest BCUT2D eigenvalue weighted by Crippen LogP contribution is -2.41. The minimum atomic E-state index is -0.219. The first-order valence-corrected chi connectivity index (χ1v) is 9.72. The second-order valence-corrected chi connectivity index (χ2v) is 6.79. The smallest absolute Gasteiger partial charge is 0.191 e. The standard InChI is InChI=1S/C21H28FN5O.HI/c1-3-23-21(26-14-18-6-4-5-7-19(18)22)25-13-17-8-9-20(24-12-17)27-10-11-28-16(2)15-27;/h4-9,12,16H,3,10-11,13-15H2,1-2H3,(H2,23,25,26);1H. The number of ether oxygens (including phenoxy) is 1. The molecule has 29 heavy (non-hydrogen) atoms. The highest BCUT2D eigenvalue weighted by Gasteiger charge is 2.17. The van der Waals surface area contributed by atoms with Crippen LogP contribution in [0.1, 0.15) is 25.0 Å². The van der Waals surface area contributed by atoms with Crippen LogP contribution in [0.2, 0.25) is 0 Å². The maximum absolute atomic E-state index is 13.8. The molecule has 2 aromatic rings. The third kappa shape index (κ3) is 7.11. The number of aliphatic imine (C=N–C) groups is 1. The van der Waals surface area contributed by atoms with E-state index in [0.29, 0.717) is 24.6 Å². The lowest BCUT2D eigenvalue weighted by atomic mass is 10.2. The highest BCUT2D eigenvalue weighted by atomic mass is 127. The maximum Gasteiger partial charge on any atom is 0.191 e. The Morgan fingerprint density at radius 3 is 2.79 bits per heavy atom. The van der Waals surface area contributed by atoms with Gasteiger partial charge >= 0.3 is 0 Å². The number of morpholine rings is 1. The Bertz CT molecular complexity index is 787. The number of hydrogen-bond acceptors (Lipinski definition) is 4. The largest absolute Gasteiger partial charge is 0.375 e. The molecule has 1 fully saturated rings. The number of nitrogens with zero attached hydrogens (tertiary/aromatic N) is 3. The molecule has 1 unspecified atom stereocenters. The Morgan fingerprint density at radius 1 is 1.28 bits per heavy atom. The van der Waals surface area contributed by atoms with Crippen LogP contribution in [0.3, 0.4) is 0 Å². The number of anilines is 1. The van der Waals surface area contributed by atoms with Crippen molar-refractivity contribution in [2.45, 2.75) is 33.0 Å². The molecule has 1 aliphatic rings. The molecule has 1 saturated heterocycles. The minimum Gasteiger partial charge on any atom is -0.375 e. The van der Waals surface area contributed by atoms with Gasteiger partial charge in [0.05, 0.1) is 19.3 Å². The molecule has 0 radical (unpaired) electrons. The van der Waals surface area contributed by atoms with E-state index in [9.17, 15) is 4.39 Å². The normalized spacial score (nSPS) is 16.9. The zero-order chi connectivity index (χ0) is 19.8. The van der Waals surface area contributed by atoms with Crippen molar-refractivity contribution in [3.8, 4) is 0 Å². The van der Waals surface area contributed by atoms with E-state index in [1.165, 1.54) is 6.07 Å². The lowest BCUT2D eigenvalue weighted by molar-refractivity contribution is 0.0529. The van der Waals surface area contributed by atoms with Crippen LogP contribution in [0.4, 0.5) is 10.2 Å². The second kappa shape index (κ2) is 11.9. The van der Waals surface area contributed by atoms with Crippen molar-refractivity contribution in [3.63, 3.8) is 0 Å². The molecule has 158 valence electrons. The molecule has 0 amide bonds. The van der Waals surface area contributed by atoms with E-state index in [4.69, 9.17) is 4.74 Å². The molecule has 0 saturated carbocycles. The highest BCUT2D eigenvalue weighted by Crippen LogP contribution is 2.15. The number of nitrogens with one attached hydrogen (secondary N) is 2. The number of halogens is 2. The number of rotatable bonds is 6. The van der Waals surface area contributed by atoms with E-state index in [-0.39, 0.29) is 35.9 Å². The summed E-state index contributed by atoms with van der Waals surface area (Å²) < 4.78 is 19.4. The molecule has 0 aliphatic carbocycles. The third-order valence-corrected chi connectivity index (χ3v) is 4.54. The number of aromatic nitrogens is 1. The molecule has 1 aromatic carbocycles. The van der Waals surface area contributed by atoms with Crippen molar-refractivity contribution in [1.82, 2.24) is 15.6 Å². The van der Waals surface area contributed by atoms with Gasteiger partial charge in [-0.15, -0.1) is 24.0 Å². The summed E-state index contributed by atoms with van der Waals surface area (Å²) in [4.78, 5) is 11.4. The van der Waals surface area contributed by atoms with Crippen molar-refractivity contribution < 1.29 is 9.13 Å². The van der Waals surface area contributed by atoms with Crippen molar-refractivity contribution >= 4 is 35.8 Å².